The number of thioether (sulfide) groups is 1. The van der Waals surface area contributed by atoms with E-state index < -0.39 is 0 Å². The average molecular weight is 262 g/mol. The smallest absolute Gasteiger partial charge is 0.0415 e. The van der Waals surface area contributed by atoms with E-state index in [4.69, 9.17) is 0 Å². The second kappa shape index (κ2) is 4.03. The molecule has 0 aromatic carbocycles. The monoisotopic (exact) mass is 262 g/mol. The third-order valence-corrected chi connectivity index (χ3v) is 6.09. The van der Waals surface area contributed by atoms with Crippen LogP contribution in [0, 0.1) is 16.7 Å². The van der Waals surface area contributed by atoms with E-state index >= 15 is 0 Å². The van der Waals surface area contributed by atoms with Gasteiger partial charge >= 0.3 is 0 Å². The van der Waals surface area contributed by atoms with Gasteiger partial charge in [-0.05, 0) is 23.3 Å². The summed E-state index contributed by atoms with van der Waals surface area (Å²) in [6.07, 6.45) is 9.62. The molecule has 18 heavy (non-hydrogen) atoms. The summed E-state index contributed by atoms with van der Waals surface area (Å²) in [5, 5.41) is 0. The van der Waals surface area contributed by atoms with Crippen LogP contribution in [0.25, 0.3) is 0 Å². The highest BCUT2D eigenvalue weighted by Gasteiger charge is 2.42. The molecule has 0 aromatic heterocycles. The number of rotatable bonds is 0. The van der Waals surface area contributed by atoms with Gasteiger partial charge in [0.2, 0.25) is 0 Å². The molecule has 1 heterocycles. The average Bonchev–Trinajstić information content (AvgIpc) is 2.51. The lowest BCUT2D eigenvalue weighted by Gasteiger charge is -2.36. The van der Waals surface area contributed by atoms with Crippen LogP contribution in [0.2, 0.25) is 0 Å². The Morgan fingerprint density at radius 1 is 1.11 bits per heavy atom. The minimum absolute atomic E-state index is 0.214. The summed E-state index contributed by atoms with van der Waals surface area (Å²) in [7, 11) is 0. The van der Waals surface area contributed by atoms with Crippen LogP contribution in [-0.4, -0.2) is 4.75 Å². The van der Waals surface area contributed by atoms with Gasteiger partial charge in [0.25, 0.3) is 0 Å². The SMILES string of the molecule is CC(C)(C)C1C=CC2=CC(C)(C(C)(C)C)SC2=C1. The molecule has 0 radical (unpaired) electrons. The third-order valence-electron chi connectivity index (χ3n) is 4.34. The quantitative estimate of drug-likeness (QED) is 0.549. The van der Waals surface area contributed by atoms with Crippen molar-refractivity contribution in [3.05, 3.63) is 34.8 Å². The van der Waals surface area contributed by atoms with Gasteiger partial charge in [0, 0.05) is 15.6 Å². The summed E-state index contributed by atoms with van der Waals surface area (Å²) in [5.41, 5.74) is 2.03. The topological polar surface area (TPSA) is 0 Å². The van der Waals surface area contributed by atoms with E-state index in [1.807, 2.05) is 11.8 Å². The molecule has 2 unspecified atom stereocenters. The van der Waals surface area contributed by atoms with E-state index in [9.17, 15) is 0 Å². The van der Waals surface area contributed by atoms with Gasteiger partial charge in [0.05, 0.1) is 0 Å². The zero-order valence-corrected chi connectivity index (χ0v) is 13.6. The van der Waals surface area contributed by atoms with Crippen LogP contribution >= 0.6 is 11.8 Å². The predicted molar refractivity (Wildman–Crippen MR) is 83.7 cm³/mol. The van der Waals surface area contributed by atoms with Crippen LogP contribution in [0.15, 0.2) is 34.8 Å². The first-order chi connectivity index (χ1) is 8.03. The summed E-state index contributed by atoms with van der Waals surface area (Å²) >= 11 is 2.04. The van der Waals surface area contributed by atoms with Gasteiger partial charge in [-0.15, -0.1) is 11.8 Å². The van der Waals surface area contributed by atoms with E-state index in [-0.39, 0.29) is 10.2 Å². The van der Waals surface area contributed by atoms with Crippen molar-refractivity contribution in [2.24, 2.45) is 16.7 Å². The van der Waals surface area contributed by atoms with Gasteiger partial charge in [-0.25, -0.2) is 0 Å². The molecule has 2 rings (SSSR count). The molecule has 1 aliphatic heterocycles. The minimum atomic E-state index is 0.214. The van der Waals surface area contributed by atoms with Gasteiger partial charge in [-0.1, -0.05) is 65.8 Å². The van der Waals surface area contributed by atoms with Crippen molar-refractivity contribution >= 4 is 11.8 Å². The van der Waals surface area contributed by atoms with E-state index in [2.05, 4.69) is 72.8 Å². The molecule has 0 saturated heterocycles. The molecule has 0 fully saturated rings. The maximum Gasteiger partial charge on any atom is 0.0415 e. The van der Waals surface area contributed by atoms with Crippen molar-refractivity contribution in [3.63, 3.8) is 0 Å². The molecular weight excluding hydrogens is 236 g/mol. The Bertz CT molecular complexity index is 437. The molecule has 100 valence electrons. The molecule has 0 spiro atoms. The van der Waals surface area contributed by atoms with Gasteiger partial charge < -0.3 is 0 Å². The Morgan fingerprint density at radius 3 is 2.22 bits per heavy atom. The first kappa shape index (κ1) is 14.0. The molecule has 0 saturated carbocycles. The van der Waals surface area contributed by atoms with E-state index in [0.717, 1.165) is 0 Å². The highest BCUT2D eigenvalue weighted by Crippen LogP contribution is 2.55. The Labute approximate surface area is 117 Å². The van der Waals surface area contributed by atoms with E-state index in [0.29, 0.717) is 11.3 Å². The lowest BCUT2D eigenvalue weighted by molar-refractivity contribution is 0.342. The predicted octanol–water partition coefficient (Wildman–Crippen LogP) is 5.58. The zero-order chi connectivity index (χ0) is 13.8. The molecule has 0 nitrogen and oxygen atoms in total. The minimum Gasteiger partial charge on any atom is -0.115 e. The molecule has 0 amide bonds. The van der Waals surface area contributed by atoms with Gasteiger partial charge in [-0.2, -0.15) is 0 Å². The Kier molecular flexibility index (Phi) is 3.13. The molecule has 1 heteroatoms. The summed E-state index contributed by atoms with van der Waals surface area (Å²) in [6.45, 7) is 16.3. The lowest BCUT2D eigenvalue weighted by atomic mass is 9.77. The number of fused-ring (bicyclic) bond motifs is 1. The second-order valence-electron chi connectivity index (χ2n) is 7.84. The summed E-state index contributed by atoms with van der Waals surface area (Å²) < 4.78 is 0.214. The molecule has 2 atom stereocenters. The second-order valence-corrected chi connectivity index (χ2v) is 9.33. The lowest BCUT2D eigenvalue weighted by Crippen LogP contribution is -2.32. The highest BCUT2D eigenvalue weighted by atomic mass is 32.2. The van der Waals surface area contributed by atoms with Gasteiger partial charge in [0.15, 0.2) is 0 Å². The van der Waals surface area contributed by atoms with E-state index in [1.165, 1.54) is 10.5 Å². The molecule has 0 bridgehead atoms. The largest absolute Gasteiger partial charge is 0.115 e. The Balaban J connectivity index is 2.32. The zero-order valence-electron chi connectivity index (χ0n) is 12.8. The summed E-state index contributed by atoms with van der Waals surface area (Å²) in [6, 6.07) is 0. The molecule has 1 aliphatic carbocycles. The number of allylic oxidation sites excluding steroid dienone is 4. The normalized spacial score (nSPS) is 32.1. The van der Waals surface area contributed by atoms with Crippen LogP contribution < -0.4 is 0 Å². The standard InChI is InChI=1S/C17H26S/c1-15(2,3)13-9-8-12-11-17(7,16(4,5)6)18-14(12)10-13/h8-11,13H,1-7H3. The van der Waals surface area contributed by atoms with Crippen molar-refractivity contribution in [1.29, 1.82) is 0 Å². The van der Waals surface area contributed by atoms with Gasteiger partial charge in [0.1, 0.15) is 0 Å². The maximum atomic E-state index is 2.47. The van der Waals surface area contributed by atoms with Crippen molar-refractivity contribution in [2.75, 3.05) is 0 Å². The van der Waals surface area contributed by atoms with Crippen molar-refractivity contribution in [3.8, 4) is 0 Å². The van der Waals surface area contributed by atoms with Gasteiger partial charge in [-0.3, -0.25) is 0 Å². The highest BCUT2D eigenvalue weighted by molar-refractivity contribution is 8.05. The van der Waals surface area contributed by atoms with Crippen LogP contribution in [0.5, 0.6) is 0 Å². The maximum absolute atomic E-state index is 2.47. The Hall–Kier alpha value is -0.430. The number of hydrogen-bond donors (Lipinski definition) is 0. The molecule has 0 N–H and O–H groups in total. The Morgan fingerprint density at radius 2 is 1.72 bits per heavy atom. The van der Waals surface area contributed by atoms with Crippen LogP contribution in [0.3, 0.4) is 0 Å². The van der Waals surface area contributed by atoms with Crippen molar-refractivity contribution < 1.29 is 0 Å². The van der Waals surface area contributed by atoms with Crippen molar-refractivity contribution in [1.82, 2.24) is 0 Å². The summed E-state index contributed by atoms with van der Waals surface area (Å²) in [5.74, 6) is 0.555. The van der Waals surface area contributed by atoms with E-state index in [1.54, 1.807) is 0 Å². The third kappa shape index (κ3) is 2.34. The fourth-order valence-corrected chi connectivity index (χ4v) is 3.69. The molecule has 0 aromatic rings. The first-order valence-corrected chi connectivity index (χ1v) is 7.67. The van der Waals surface area contributed by atoms with Crippen LogP contribution in [-0.2, 0) is 0 Å². The molecular formula is C17H26S. The fraction of sp³-hybridized carbons (Fsp3) is 0.647. The van der Waals surface area contributed by atoms with Crippen LogP contribution in [0.4, 0.5) is 0 Å². The number of hydrogen-bond acceptors (Lipinski definition) is 1. The summed E-state index contributed by atoms with van der Waals surface area (Å²) in [4.78, 5) is 1.48. The van der Waals surface area contributed by atoms with Crippen molar-refractivity contribution in [2.45, 2.75) is 53.2 Å². The first-order valence-electron chi connectivity index (χ1n) is 6.85. The fourth-order valence-electron chi connectivity index (χ4n) is 2.28. The van der Waals surface area contributed by atoms with Crippen LogP contribution in [0.1, 0.15) is 48.5 Å². The molecule has 2 aliphatic rings.